The van der Waals surface area contributed by atoms with Crippen LogP contribution in [0.3, 0.4) is 0 Å². The third-order valence-corrected chi connectivity index (χ3v) is 6.50. The van der Waals surface area contributed by atoms with Crippen LogP contribution in [0.1, 0.15) is 37.1 Å². The summed E-state index contributed by atoms with van der Waals surface area (Å²) in [6.45, 7) is 3.06. The first-order valence-corrected chi connectivity index (χ1v) is 10.9. The number of nitrogens with zero attached hydrogens (tertiary/aromatic N) is 3. The molecular formula is C21H30IN5S. The molecular weight excluding hydrogens is 481 g/mol. The molecule has 1 aliphatic heterocycles. The van der Waals surface area contributed by atoms with Gasteiger partial charge in [0.15, 0.2) is 5.96 Å². The van der Waals surface area contributed by atoms with E-state index in [9.17, 15) is 0 Å². The predicted octanol–water partition coefficient (Wildman–Crippen LogP) is 4.11. The van der Waals surface area contributed by atoms with E-state index in [-0.39, 0.29) is 24.0 Å². The Bertz CT molecular complexity index is 757. The van der Waals surface area contributed by atoms with Gasteiger partial charge in [-0.1, -0.05) is 43.2 Å². The summed E-state index contributed by atoms with van der Waals surface area (Å²) in [5.74, 6) is 0.879. The van der Waals surface area contributed by atoms with E-state index >= 15 is 0 Å². The summed E-state index contributed by atoms with van der Waals surface area (Å²) in [6, 6.07) is 11.6. The van der Waals surface area contributed by atoms with Crippen molar-refractivity contribution in [2.24, 2.45) is 4.99 Å². The van der Waals surface area contributed by atoms with Crippen molar-refractivity contribution >= 4 is 41.3 Å². The Morgan fingerprint density at radius 1 is 1.21 bits per heavy atom. The summed E-state index contributed by atoms with van der Waals surface area (Å²) >= 11 is 1.69. The van der Waals surface area contributed by atoms with Gasteiger partial charge in [0.2, 0.25) is 0 Å². The van der Waals surface area contributed by atoms with Crippen molar-refractivity contribution < 1.29 is 0 Å². The number of rotatable bonds is 5. The van der Waals surface area contributed by atoms with Crippen LogP contribution in [0.2, 0.25) is 0 Å². The molecule has 1 aliphatic carbocycles. The van der Waals surface area contributed by atoms with Gasteiger partial charge < -0.3 is 10.6 Å². The number of guanidine groups is 1. The van der Waals surface area contributed by atoms with E-state index < -0.39 is 0 Å². The molecule has 2 aliphatic rings. The molecule has 0 bridgehead atoms. The third-order valence-electron chi connectivity index (χ3n) is 5.65. The lowest BCUT2D eigenvalue weighted by molar-refractivity contribution is 0.242. The molecule has 5 nitrogen and oxygen atoms in total. The number of aromatic nitrogens is 1. The fraction of sp³-hybridized carbons (Fsp3) is 0.524. The third kappa shape index (κ3) is 5.45. The topological polar surface area (TPSA) is 52.6 Å². The normalized spacial score (nSPS) is 20.9. The molecule has 2 fully saturated rings. The van der Waals surface area contributed by atoms with Crippen LogP contribution in [-0.2, 0) is 6.54 Å². The summed E-state index contributed by atoms with van der Waals surface area (Å²) < 4.78 is 0. The smallest absolute Gasteiger partial charge is 0.191 e. The Labute approximate surface area is 189 Å². The number of aliphatic imine (C=N–C) groups is 1. The molecule has 0 radical (unpaired) electrons. The molecule has 1 aromatic heterocycles. The first-order chi connectivity index (χ1) is 13.3. The van der Waals surface area contributed by atoms with Crippen molar-refractivity contribution in [2.75, 3.05) is 20.1 Å². The SMILES string of the molecule is CN=C(NCc1nc(-c2ccccc2)cs1)NC1CCN(C2CCCC2)C1.I. The van der Waals surface area contributed by atoms with Gasteiger partial charge in [0.25, 0.3) is 0 Å². The number of halogens is 1. The van der Waals surface area contributed by atoms with E-state index in [1.165, 1.54) is 44.2 Å². The largest absolute Gasteiger partial charge is 0.352 e. The van der Waals surface area contributed by atoms with E-state index in [1.807, 2.05) is 13.1 Å². The quantitative estimate of drug-likeness (QED) is 0.361. The van der Waals surface area contributed by atoms with Gasteiger partial charge in [-0.25, -0.2) is 4.98 Å². The van der Waals surface area contributed by atoms with Crippen LogP contribution >= 0.6 is 35.3 Å². The van der Waals surface area contributed by atoms with Crippen molar-refractivity contribution in [3.8, 4) is 11.3 Å². The first kappa shape index (κ1) is 21.5. The summed E-state index contributed by atoms with van der Waals surface area (Å²) in [6.07, 6.45) is 6.77. The lowest BCUT2D eigenvalue weighted by atomic mass is 10.2. The molecule has 152 valence electrons. The zero-order valence-electron chi connectivity index (χ0n) is 16.4. The zero-order chi connectivity index (χ0) is 18.5. The van der Waals surface area contributed by atoms with E-state index in [4.69, 9.17) is 4.98 Å². The molecule has 7 heteroatoms. The Morgan fingerprint density at radius 3 is 2.75 bits per heavy atom. The predicted molar refractivity (Wildman–Crippen MR) is 129 cm³/mol. The monoisotopic (exact) mass is 511 g/mol. The average molecular weight is 511 g/mol. The summed E-state index contributed by atoms with van der Waals surface area (Å²) in [7, 11) is 1.84. The van der Waals surface area contributed by atoms with Gasteiger partial charge in [-0.05, 0) is 19.3 Å². The molecule has 4 rings (SSSR count). The molecule has 28 heavy (non-hydrogen) atoms. The molecule has 1 saturated carbocycles. The Kier molecular flexibility index (Phi) is 8.11. The molecule has 1 unspecified atom stereocenters. The molecule has 1 atom stereocenters. The lowest BCUT2D eigenvalue weighted by Gasteiger charge is -2.24. The van der Waals surface area contributed by atoms with Crippen molar-refractivity contribution in [1.82, 2.24) is 20.5 Å². The van der Waals surface area contributed by atoms with Gasteiger partial charge in [-0.15, -0.1) is 35.3 Å². The van der Waals surface area contributed by atoms with E-state index in [2.05, 4.69) is 50.2 Å². The van der Waals surface area contributed by atoms with Crippen LogP contribution in [-0.4, -0.2) is 48.1 Å². The van der Waals surface area contributed by atoms with Gasteiger partial charge in [0, 0.05) is 43.2 Å². The maximum absolute atomic E-state index is 4.75. The molecule has 0 spiro atoms. The molecule has 1 saturated heterocycles. The fourth-order valence-electron chi connectivity index (χ4n) is 4.19. The zero-order valence-corrected chi connectivity index (χ0v) is 19.6. The number of hydrogen-bond donors (Lipinski definition) is 2. The van der Waals surface area contributed by atoms with Crippen LogP contribution in [0, 0.1) is 0 Å². The second-order valence-electron chi connectivity index (χ2n) is 7.48. The van der Waals surface area contributed by atoms with Crippen LogP contribution in [0.15, 0.2) is 40.7 Å². The molecule has 2 aromatic rings. The van der Waals surface area contributed by atoms with Crippen molar-refractivity contribution in [3.63, 3.8) is 0 Å². The van der Waals surface area contributed by atoms with Crippen molar-refractivity contribution in [2.45, 2.75) is 50.7 Å². The molecule has 0 amide bonds. The van der Waals surface area contributed by atoms with Crippen LogP contribution < -0.4 is 10.6 Å². The first-order valence-electron chi connectivity index (χ1n) is 10.0. The second-order valence-corrected chi connectivity index (χ2v) is 8.42. The number of likely N-dealkylation sites (tertiary alicyclic amines) is 1. The summed E-state index contributed by atoms with van der Waals surface area (Å²) in [4.78, 5) is 11.8. The van der Waals surface area contributed by atoms with Gasteiger partial charge in [0.05, 0.1) is 12.2 Å². The number of hydrogen-bond acceptors (Lipinski definition) is 4. The van der Waals surface area contributed by atoms with Gasteiger partial charge in [-0.3, -0.25) is 9.89 Å². The molecule has 2 N–H and O–H groups in total. The van der Waals surface area contributed by atoms with Gasteiger partial charge in [-0.2, -0.15) is 0 Å². The highest BCUT2D eigenvalue weighted by Crippen LogP contribution is 2.26. The van der Waals surface area contributed by atoms with E-state index in [0.29, 0.717) is 12.6 Å². The second kappa shape index (κ2) is 10.5. The van der Waals surface area contributed by atoms with Gasteiger partial charge >= 0.3 is 0 Å². The van der Waals surface area contributed by atoms with E-state index in [0.717, 1.165) is 29.2 Å². The van der Waals surface area contributed by atoms with Crippen LogP contribution in [0.25, 0.3) is 11.3 Å². The standard InChI is InChI=1S/C21H29N5S.HI/c1-22-21(24-17-11-12-26(14-17)18-9-5-6-10-18)23-13-20-25-19(15-27-20)16-7-3-2-4-8-16;/h2-4,7-8,15,17-18H,5-6,9-14H2,1H3,(H2,22,23,24);1H. The van der Waals surface area contributed by atoms with Crippen molar-refractivity contribution in [3.05, 3.63) is 40.7 Å². The van der Waals surface area contributed by atoms with Crippen LogP contribution in [0.4, 0.5) is 0 Å². The van der Waals surface area contributed by atoms with Gasteiger partial charge in [0.1, 0.15) is 5.01 Å². The Morgan fingerprint density at radius 2 is 2.00 bits per heavy atom. The fourth-order valence-corrected chi connectivity index (χ4v) is 4.93. The Hall–Kier alpha value is -1.19. The van der Waals surface area contributed by atoms with Crippen LogP contribution in [0.5, 0.6) is 0 Å². The highest BCUT2D eigenvalue weighted by molar-refractivity contribution is 14.0. The maximum atomic E-state index is 4.75. The maximum Gasteiger partial charge on any atom is 0.191 e. The minimum absolute atomic E-state index is 0. The Balaban J connectivity index is 0.00000225. The minimum atomic E-state index is 0. The van der Waals surface area contributed by atoms with Crippen molar-refractivity contribution in [1.29, 1.82) is 0 Å². The number of nitrogens with one attached hydrogen (secondary N) is 2. The highest BCUT2D eigenvalue weighted by Gasteiger charge is 2.30. The highest BCUT2D eigenvalue weighted by atomic mass is 127. The number of thiazole rings is 1. The average Bonchev–Trinajstić information content (AvgIpc) is 3.47. The minimum Gasteiger partial charge on any atom is -0.352 e. The molecule has 2 heterocycles. The summed E-state index contributed by atoms with van der Waals surface area (Å²) in [5.41, 5.74) is 2.21. The van der Waals surface area contributed by atoms with E-state index in [1.54, 1.807) is 11.3 Å². The number of benzene rings is 1. The lowest BCUT2D eigenvalue weighted by Crippen LogP contribution is -2.45. The molecule has 1 aromatic carbocycles. The summed E-state index contributed by atoms with van der Waals surface area (Å²) in [5, 5.41) is 10.2.